The van der Waals surface area contributed by atoms with Crippen LogP contribution < -0.4 is 0 Å². The predicted octanol–water partition coefficient (Wildman–Crippen LogP) is 5.66. The largest absolute Gasteiger partial charge is 0.334 e. The van der Waals surface area contributed by atoms with E-state index in [0.29, 0.717) is 27.3 Å². The van der Waals surface area contributed by atoms with E-state index in [2.05, 4.69) is 29.2 Å². The Morgan fingerprint density at radius 2 is 1.68 bits per heavy atom. The second kappa shape index (κ2) is 6.51. The Bertz CT molecular complexity index is 761. The van der Waals surface area contributed by atoms with Gasteiger partial charge in [-0.15, -0.1) is 0 Å². The van der Waals surface area contributed by atoms with Gasteiger partial charge in [-0.2, -0.15) is 4.98 Å². The first-order valence-electron chi connectivity index (χ1n) is 7.06. The minimum atomic E-state index is 0.392. The van der Waals surface area contributed by atoms with Crippen LogP contribution >= 0.6 is 23.2 Å². The molecule has 0 atom stereocenters. The maximum absolute atomic E-state index is 6.17. The van der Waals surface area contributed by atoms with Crippen LogP contribution in [0.5, 0.6) is 0 Å². The van der Waals surface area contributed by atoms with Crippen molar-refractivity contribution in [3.63, 3.8) is 0 Å². The molecule has 0 radical (unpaired) electrons. The van der Waals surface area contributed by atoms with Crippen molar-refractivity contribution in [3.8, 4) is 22.8 Å². The topological polar surface area (TPSA) is 38.9 Å². The van der Waals surface area contributed by atoms with Crippen LogP contribution in [-0.4, -0.2) is 10.1 Å². The van der Waals surface area contributed by atoms with Crippen LogP contribution in [0.3, 0.4) is 0 Å². The monoisotopic (exact) mass is 332 g/mol. The number of hydrogen-bond acceptors (Lipinski definition) is 3. The molecule has 1 heterocycles. The van der Waals surface area contributed by atoms with Gasteiger partial charge >= 0.3 is 0 Å². The molecule has 1 aromatic heterocycles. The molecular formula is C17H14Cl2N2O. The van der Waals surface area contributed by atoms with E-state index in [4.69, 9.17) is 27.7 Å². The summed E-state index contributed by atoms with van der Waals surface area (Å²) in [5.74, 6) is 0.845. The molecule has 2 aromatic carbocycles. The van der Waals surface area contributed by atoms with E-state index < -0.39 is 0 Å². The Hall–Kier alpha value is -1.84. The van der Waals surface area contributed by atoms with Gasteiger partial charge in [-0.05, 0) is 36.2 Å². The molecule has 0 saturated carbocycles. The lowest BCUT2D eigenvalue weighted by molar-refractivity contribution is 0.432. The summed E-state index contributed by atoms with van der Waals surface area (Å²) in [5.41, 5.74) is 2.75. The van der Waals surface area contributed by atoms with Crippen molar-refractivity contribution in [2.75, 3.05) is 0 Å². The van der Waals surface area contributed by atoms with Crippen LogP contribution in [0.1, 0.15) is 18.9 Å². The van der Waals surface area contributed by atoms with Crippen molar-refractivity contribution >= 4 is 23.2 Å². The molecule has 0 unspecified atom stereocenters. The lowest BCUT2D eigenvalue weighted by Gasteiger charge is -2.00. The third kappa shape index (κ3) is 3.01. The Kier molecular flexibility index (Phi) is 4.46. The minimum Gasteiger partial charge on any atom is -0.334 e. The quantitative estimate of drug-likeness (QED) is 0.618. The maximum Gasteiger partial charge on any atom is 0.258 e. The standard InChI is InChI=1S/C17H14Cl2N2O/c1-2-4-11-7-9-12(10-8-11)17-20-16(21-22-17)15-13(18)5-3-6-14(15)19/h3,5-10H,2,4H2,1H3. The summed E-state index contributed by atoms with van der Waals surface area (Å²) in [5, 5.41) is 4.98. The maximum atomic E-state index is 6.17. The second-order valence-corrected chi connectivity index (χ2v) is 5.78. The molecule has 0 spiro atoms. The van der Waals surface area contributed by atoms with Gasteiger partial charge in [0.2, 0.25) is 5.82 Å². The van der Waals surface area contributed by atoms with Crippen molar-refractivity contribution in [2.45, 2.75) is 19.8 Å². The molecule has 0 aliphatic heterocycles. The number of aromatic nitrogens is 2. The fourth-order valence-electron chi connectivity index (χ4n) is 2.26. The average Bonchev–Trinajstić information content (AvgIpc) is 2.98. The zero-order chi connectivity index (χ0) is 15.5. The Morgan fingerprint density at radius 1 is 1.00 bits per heavy atom. The number of rotatable bonds is 4. The van der Waals surface area contributed by atoms with E-state index in [-0.39, 0.29) is 0 Å². The third-order valence-electron chi connectivity index (χ3n) is 3.35. The third-order valence-corrected chi connectivity index (χ3v) is 3.98. The molecule has 112 valence electrons. The molecule has 0 saturated heterocycles. The van der Waals surface area contributed by atoms with E-state index >= 15 is 0 Å². The first-order valence-corrected chi connectivity index (χ1v) is 7.82. The smallest absolute Gasteiger partial charge is 0.258 e. The number of halogens is 2. The van der Waals surface area contributed by atoms with E-state index in [1.54, 1.807) is 18.2 Å². The van der Waals surface area contributed by atoms with Crippen molar-refractivity contribution in [1.29, 1.82) is 0 Å². The Balaban J connectivity index is 1.94. The molecule has 0 aliphatic rings. The molecule has 0 amide bonds. The first-order chi connectivity index (χ1) is 10.7. The first kappa shape index (κ1) is 15.1. The zero-order valence-corrected chi connectivity index (χ0v) is 13.5. The highest BCUT2D eigenvalue weighted by atomic mass is 35.5. The molecule has 0 N–H and O–H groups in total. The number of aryl methyl sites for hydroxylation is 1. The van der Waals surface area contributed by atoms with Crippen LogP contribution in [0.4, 0.5) is 0 Å². The van der Waals surface area contributed by atoms with Crippen molar-refractivity contribution in [1.82, 2.24) is 10.1 Å². The summed E-state index contributed by atoms with van der Waals surface area (Å²) < 4.78 is 5.34. The fourth-order valence-corrected chi connectivity index (χ4v) is 2.82. The summed E-state index contributed by atoms with van der Waals surface area (Å²) in [7, 11) is 0. The highest BCUT2D eigenvalue weighted by molar-refractivity contribution is 6.38. The SMILES string of the molecule is CCCc1ccc(-c2nc(-c3c(Cl)cccc3Cl)no2)cc1. The highest BCUT2D eigenvalue weighted by Gasteiger charge is 2.16. The van der Waals surface area contributed by atoms with Crippen molar-refractivity contribution < 1.29 is 4.52 Å². The average molecular weight is 333 g/mol. The number of hydrogen-bond donors (Lipinski definition) is 0. The zero-order valence-electron chi connectivity index (χ0n) is 12.0. The van der Waals surface area contributed by atoms with Crippen molar-refractivity contribution in [3.05, 3.63) is 58.1 Å². The molecule has 3 aromatic rings. The number of nitrogens with zero attached hydrogens (tertiary/aromatic N) is 2. The molecule has 3 nitrogen and oxygen atoms in total. The van der Waals surface area contributed by atoms with Crippen LogP contribution in [0.2, 0.25) is 10.0 Å². The van der Waals surface area contributed by atoms with Crippen LogP contribution in [0.15, 0.2) is 47.0 Å². The van der Waals surface area contributed by atoms with Gasteiger partial charge in [-0.3, -0.25) is 0 Å². The van der Waals surface area contributed by atoms with Crippen LogP contribution in [0.25, 0.3) is 22.8 Å². The normalized spacial score (nSPS) is 10.9. The Morgan fingerprint density at radius 3 is 2.32 bits per heavy atom. The fraction of sp³-hybridized carbons (Fsp3) is 0.176. The highest BCUT2D eigenvalue weighted by Crippen LogP contribution is 2.33. The summed E-state index contributed by atoms with van der Waals surface area (Å²) in [6.45, 7) is 2.16. The van der Waals surface area contributed by atoms with Gasteiger partial charge in [0.15, 0.2) is 0 Å². The van der Waals surface area contributed by atoms with Crippen LogP contribution in [0, 0.1) is 0 Å². The van der Waals surface area contributed by atoms with E-state index in [1.165, 1.54) is 5.56 Å². The molecule has 0 bridgehead atoms. The van der Waals surface area contributed by atoms with E-state index in [9.17, 15) is 0 Å². The molecule has 5 heteroatoms. The van der Waals surface area contributed by atoms with Gasteiger partial charge in [0.05, 0.1) is 15.6 Å². The Labute approximate surface area is 138 Å². The summed E-state index contributed by atoms with van der Waals surface area (Å²) in [4.78, 5) is 4.40. The molecule has 3 rings (SSSR count). The van der Waals surface area contributed by atoms with Crippen LogP contribution in [-0.2, 0) is 6.42 Å². The number of benzene rings is 2. The van der Waals surface area contributed by atoms with Gasteiger partial charge < -0.3 is 4.52 Å². The van der Waals surface area contributed by atoms with E-state index in [0.717, 1.165) is 18.4 Å². The van der Waals surface area contributed by atoms with Crippen molar-refractivity contribution in [2.24, 2.45) is 0 Å². The molecule has 0 fully saturated rings. The predicted molar refractivity (Wildman–Crippen MR) is 89.2 cm³/mol. The molecule has 22 heavy (non-hydrogen) atoms. The van der Waals surface area contributed by atoms with Gasteiger partial charge in [0.25, 0.3) is 5.89 Å². The van der Waals surface area contributed by atoms with Gasteiger partial charge in [-0.1, -0.05) is 59.9 Å². The van der Waals surface area contributed by atoms with Gasteiger partial charge in [-0.25, -0.2) is 0 Å². The minimum absolute atomic E-state index is 0.392. The summed E-state index contributed by atoms with van der Waals surface area (Å²) >= 11 is 12.3. The van der Waals surface area contributed by atoms with Gasteiger partial charge in [0, 0.05) is 5.56 Å². The lowest BCUT2D eigenvalue weighted by atomic mass is 10.1. The van der Waals surface area contributed by atoms with E-state index in [1.807, 2.05) is 12.1 Å². The molecule has 0 aliphatic carbocycles. The molecular weight excluding hydrogens is 319 g/mol. The lowest BCUT2D eigenvalue weighted by Crippen LogP contribution is -1.85. The van der Waals surface area contributed by atoms with Gasteiger partial charge in [0.1, 0.15) is 0 Å². The summed E-state index contributed by atoms with van der Waals surface area (Å²) in [6, 6.07) is 13.4. The second-order valence-electron chi connectivity index (χ2n) is 4.97. The summed E-state index contributed by atoms with van der Waals surface area (Å²) in [6.07, 6.45) is 2.18.